The summed E-state index contributed by atoms with van der Waals surface area (Å²) in [5, 5.41) is 29.9. The van der Waals surface area contributed by atoms with Crippen LogP contribution in [-0.4, -0.2) is 148 Å². The van der Waals surface area contributed by atoms with Crippen molar-refractivity contribution in [2.45, 2.75) is 77.4 Å². The number of nitrogens with zero attached hydrogens (tertiary/aromatic N) is 4. The third-order valence-electron chi connectivity index (χ3n) is 7.37. The van der Waals surface area contributed by atoms with Crippen molar-refractivity contribution in [1.29, 1.82) is 0 Å². The molecule has 0 aromatic rings. The van der Waals surface area contributed by atoms with Crippen LogP contribution >= 0.6 is 0 Å². The smallest absolute Gasteiger partial charge is 0.320 e. The number of hydrogen-bond donors (Lipinski definition) is 3. The molecule has 1 aliphatic heterocycles. The van der Waals surface area contributed by atoms with Gasteiger partial charge in [-0.25, -0.2) is 0 Å². The van der Waals surface area contributed by atoms with Crippen LogP contribution < -0.4 is 0 Å². The molecule has 13 heteroatoms. The van der Waals surface area contributed by atoms with Crippen LogP contribution in [0, 0.1) is 0 Å². The highest BCUT2D eigenvalue weighted by Crippen LogP contribution is 2.16. The molecule has 1 saturated heterocycles. The largest absolute Gasteiger partial charge is 0.480 e. The Morgan fingerprint density at radius 1 is 0.500 bits per heavy atom. The van der Waals surface area contributed by atoms with E-state index in [4.69, 9.17) is 0 Å². The van der Waals surface area contributed by atoms with Gasteiger partial charge in [-0.15, -0.1) is 0 Å². The Balaban J connectivity index is 3.35. The van der Waals surface area contributed by atoms with Gasteiger partial charge in [0.05, 0.1) is 0 Å². The first-order valence-electron chi connectivity index (χ1n) is 13.8. The number of rotatable bonds is 15. The summed E-state index contributed by atoms with van der Waals surface area (Å²) >= 11 is 0. The molecule has 0 amide bonds. The number of Topliss-reactive ketones (excluding diaryl/α,β-unsaturated/α-hetero) is 3. The predicted molar refractivity (Wildman–Crippen MR) is 146 cm³/mol. The van der Waals surface area contributed by atoms with Crippen molar-refractivity contribution in [3.63, 3.8) is 0 Å². The fourth-order valence-electron chi connectivity index (χ4n) is 4.90. The quantitative estimate of drug-likeness (QED) is 0.245. The Morgan fingerprint density at radius 2 is 0.725 bits per heavy atom. The van der Waals surface area contributed by atoms with Crippen LogP contribution in [0.2, 0.25) is 0 Å². The van der Waals surface area contributed by atoms with Gasteiger partial charge < -0.3 is 34.6 Å². The fraction of sp³-hybridized carbons (Fsp3) is 0.778. The zero-order chi connectivity index (χ0) is 30.4. The fourth-order valence-corrected chi connectivity index (χ4v) is 4.90. The van der Waals surface area contributed by atoms with Gasteiger partial charge in [0.15, 0.2) is 0 Å². The van der Waals surface area contributed by atoms with E-state index in [1.54, 1.807) is 14.7 Å². The molecule has 0 aromatic heterocycles. The van der Waals surface area contributed by atoms with Gasteiger partial charge >= 0.3 is 17.9 Å². The number of carboxylic acid groups (broad SMARTS) is 3. The summed E-state index contributed by atoms with van der Waals surface area (Å²) in [5.41, 5.74) is 0. The molecule has 0 saturated carbocycles. The van der Waals surface area contributed by atoms with Crippen LogP contribution in [0.3, 0.4) is 0 Å². The molecular weight excluding hydrogens is 524 g/mol. The van der Waals surface area contributed by atoms with Gasteiger partial charge in [0, 0.05) is 71.6 Å². The lowest BCUT2D eigenvalue weighted by Gasteiger charge is -2.38. The molecule has 3 atom stereocenters. The average molecular weight is 571 g/mol. The summed E-state index contributed by atoms with van der Waals surface area (Å²) < 4.78 is 0. The molecule has 13 nitrogen and oxygen atoms in total. The van der Waals surface area contributed by atoms with Crippen molar-refractivity contribution in [3.8, 4) is 0 Å². The molecular formula is C27H46N4O9. The molecule has 228 valence electrons. The molecule has 3 N–H and O–H groups in total. The van der Waals surface area contributed by atoms with Crippen LogP contribution in [-0.2, 0) is 28.8 Å². The number of aliphatic carboxylic acids is 3. The van der Waals surface area contributed by atoms with Crippen molar-refractivity contribution >= 4 is 35.3 Å². The van der Waals surface area contributed by atoms with Crippen LogP contribution in [0.25, 0.3) is 0 Å². The lowest BCUT2D eigenvalue weighted by atomic mass is 10.1. The van der Waals surface area contributed by atoms with E-state index in [1.807, 2.05) is 11.9 Å². The monoisotopic (exact) mass is 570 g/mol. The lowest BCUT2D eigenvalue weighted by molar-refractivity contribution is -0.147. The van der Waals surface area contributed by atoms with Crippen molar-refractivity contribution in [2.75, 3.05) is 59.4 Å². The average Bonchev–Trinajstić information content (AvgIpc) is 2.83. The number of carboxylic acids is 3. The van der Waals surface area contributed by atoms with Gasteiger partial charge in [0.1, 0.15) is 35.5 Å². The number of carbonyl (C=O) groups excluding carboxylic acids is 3. The maximum absolute atomic E-state index is 12.3. The molecule has 1 heterocycles. The number of ketones is 3. The number of carbonyl (C=O) groups is 6. The van der Waals surface area contributed by atoms with Crippen molar-refractivity contribution in [3.05, 3.63) is 0 Å². The van der Waals surface area contributed by atoms with E-state index in [1.165, 1.54) is 20.8 Å². The Labute approximate surface area is 236 Å². The van der Waals surface area contributed by atoms with E-state index in [0.29, 0.717) is 26.2 Å². The van der Waals surface area contributed by atoms with E-state index in [2.05, 4.69) is 0 Å². The van der Waals surface area contributed by atoms with Crippen LogP contribution in [0.4, 0.5) is 0 Å². The SMILES string of the molecule is CC(=O)CCC(C(=O)O)N1CCN(C)CCN(C(CCC(C)=O)C(=O)O)CCN(C(CCC(C)=O)C(=O)O)CC1. The highest BCUT2D eigenvalue weighted by atomic mass is 16.4. The minimum atomic E-state index is -1.12. The van der Waals surface area contributed by atoms with E-state index >= 15 is 0 Å². The first-order chi connectivity index (χ1) is 18.7. The molecule has 0 spiro atoms. The topological polar surface area (TPSA) is 176 Å². The Hall–Kier alpha value is -2.74. The molecule has 1 rings (SSSR count). The maximum atomic E-state index is 12.3. The Morgan fingerprint density at radius 3 is 0.925 bits per heavy atom. The van der Waals surface area contributed by atoms with Crippen LogP contribution in [0.1, 0.15) is 59.3 Å². The maximum Gasteiger partial charge on any atom is 0.320 e. The second-order valence-electron chi connectivity index (χ2n) is 10.7. The van der Waals surface area contributed by atoms with E-state index in [0.717, 1.165) is 0 Å². The van der Waals surface area contributed by atoms with Gasteiger partial charge in [0.25, 0.3) is 0 Å². The molecule has 1 fully saturated rings. The number of hydrogen-bond acceptors (Lipinski definition) is 10. The number of likely N-dealkylation sites (N-methyl/N-ethyl adjacent to an activating group) is 1. The molecule has 0 bridgehead atoms. The van der Waals surface area contributed by atoms with Gasteiger partial charge in [0.2, 0.25) is 0 Å². The third-order valence-corrected chi connectivity index (χ3v) is 7.37. The van der Waals surface area contributed by atoms with E-state index < -0.39 is 36.0 Å². The summed E-state index contributed by atoms with van der Waals surface area (Å²) in [4.78, 5) is 78.6. The molecule has 1 aliphatic rings. The van der Waals surface area contributed by atoms with E-state index in [-0.39, 0.29) is 82.1 Å². The van der Waals surface area contributed by atoms with Gasteiger partial charge in [-0.1, -0.05) is 0 Å². The summed E-state index contributed by atoms with van der Waals surface area (Å²) in [5.74, 6) is -3.63. The van der Waals surface area contributed by atoms with Crippen LogP contribution in [0.5, 0.6) is 0 Å². The Bertz CT molecular complexity index is 845. The lowest BCUT2D eigenvalue weighted by Crippen LogP contribution is -2.54. The second kappa shape index (κ2) is 17.8. The van der Waals surface area contributed by atoms with Crippen LogP contribution in [0.15, 0.2) is 0 Å². The first kappa shape index (κ1) is 35.3. The second-order valence-corrected chi connectivity index (χ2v) is 10.7. The summed E-state index contributed by atoms with van der Waals surface area (Å²) in [6, 6.07) is -2.89. The standard InChI is InChI=1S/C27H46N4O9/c1-19(32)5-8-22(25(35)36)29-13-11-28(4)12-14-30(23(26(37)38)9-6-20(2)33)16-18-31(17-15-29)24(27(39)40)10-7-21(3)34/h22-24H,5-18H2,1-4H3,(H,35,36)(H,37,38)(H,39,40). The van der Waals surface area contributed by atoms with E-state index in [9.17, 15) is 44.1 Å². The molecule has 40 heavy (non-hydrogen) atoms. The zero-order valence-electron chi connectivity index (χ0n) is 24.2. The summed E-state index contributed by atoms with van der Waals surface area (Å²) in [6.45, 7) is 6.57. The summed E-state index contributed by atoms with van der Waals surface area (Å²) in [7, 11) is 1.85. The molecule has 0 radical (unpaired) electrons. The normalized spacial score (nSPS) is 19.5. The van der Waals surface area contributed by atoms with Gasteiger partial charge in [-0.2, -0.15) is 0 Å². The van der Waals surface area contributed by atoms with Gasteiger partial charge in [-0.3, -0.25) is 29.1 Å². The van der Waals surface area contributed by atoms with Crippen molar-refractivity contribution in [2.24, 2.45) is 0 Å². The molecule has 0 aliphatic carbocycles. The minimum absolute atomic E-state index is 0.0540. The van der Waals surface area contributed by atoms with Gasteiger partial charge in [-0.05, 0) is 47.1 Å². The first-order valence-corrected chi connectivity index (χ1v) is 13.8. The van der Waals surface area contributed by atoms with Crippen molar-refractivity contribution < 1.29 is 44.1 Å². The predicted octanol–water partition coefficient (Wildman–Crippen LogP) is 0.305. The highest BCUT2D eigenvalue weighted by Gasteiger charge is 2.32. The minimum Gasteiger partial charge on any atom is -0.480 e. The highest BCUT2D eigenvalue weighted by molar-refractivity contribution is 5.79. The third kappa shape index (κ3) is 13.1. The summed E-state index contributed by atoms with van der Waals surface area (Å²) in [6.07, 6.45) is 0.589. The zero-order valence-corrected chi connectivity index (χ0v) is 24.2. The Kier molecular flexibility index (Phi) is 15.7. The molecule has 0 aromatic carbocycles. The van der Waals surface area contributed by atoms with Crippen molar-refractivity contribution in [1.82, 2.24) is 19.6 Å². The molecule has 3 unspecified atom stereocenters.